The molecule has 1 saturated carbocycles. The minimum Gasteiger partial charge on any atom is -0.367 e. The van der Waals surface area contributed by atoms with E-state index in [-0.39, 0.29) is 42.2 Å². The maximum atomic E-state index is 12.4. The summed E-state index contributed by atoms with van der Waals surface area (Å²) < 4.78 is 0. The third kappa shape index (κ3) is 1.54. The number of hydrogen-bond acceptors (Lipinski definition) is 3. The van der Waals surface area contributed by atoms with Crippen LogP contribution in [0.3, 0.4) is 0 Å². The first kappa shape index (κ1) is 11.7. The molecule has 0 radical (unpaired) electrons. The van der Waals surface area contributed by atoms with E-state index in [1.165, 1.54) is 4.90 Å². The van der Waals surface area contributed by atoms with E-state index >= 15 is 0 Å². The summed E-state index contributed by atoms with van der Waals surface area (Å²) in [5.74, 6) is 0.358. The maximum Gasteiger partial charge on any atom is 0.235 e. The predicted molar refractivity (Wildman–Crippen MR) is 74.5 cm³/mol. The van der Waals surface area contributed by atoms with Crippen LogP contribution in [0.15, 0.2) is 42.5 Å². The van der Waals surface area contributed by atoms with E-state index in [2.05, 4.69) is 17.5 Å². The van der Waals surface area contributed by atoms with E-state index in [1.807, 2.05) is 30.3 Å². The van der Waals surface area contributed by atoms with Crippen LogP contribution in [0.5, 0.6) is 0 Å². The van der Waals surface area contributed by atoms with Crippen LogP contribution >= 0.6 is 0 Å². The third-order valence-corrected chi connectivity index (χ3v) is 4.78. The molecule has 1 aromatic rings. The van der Waals surface area contributed by atoms with Crippen molar-refractivity contribution < 1.29 is 9.59 Å². The number of carbonyl (C=O) groups excluding carboxylic acids is 2. The van der Waals surface area contributed by atoms with E-state index in [0.717, 1.165) is 12.1 Å². The van der Waals surface area contributed by atoms with E-state index in [4.69, 9.17) is 0 Å². The number of para-hydroxylation sites is 1. The second-order valence-electron chi connectivity index (χ2n) is 5.81. The Kier molecular flexibility index (Phi) is 2.46. The molecule has 0 spiro atoms. The number of imide groups is 1. The third-order valence-electron chi connectivity index (χ3n) is 4.78. The summed E-state index contributed by atoms with van der Waals surface area (Å²) in [6.07, 6.45) is 5.21. The van der Waals surface area contributed by atoms with Crippen molar-refractivity contribution in [2.75, 3.05) is 12.0 Å². The van der Waals surface area contributed by atoms with Gasteiger partial charge in [0.2, 0.25) is 11.8 Å². The number of rotatable bonds is 3. The van der Waals surface area contributed by atoms with Gasteiger partial charge in [-0.15, -0.1) is 0 Å². The van der Waals surface area contributed by atoms with Gasteiger partial charge in [0, 0.05) is 5.69 Å². The molecule has 1 aromatic carbocycles. The van der Waals surface area contributed by atoms with Crippen LogP contribution in [0.2, 0.25) is 0 Å². The van der Waals surface area contributed by atoms with E-state index in [0.29, 0.717) is 0 Å². The molecule has 2 fully saturated rings. The second-order valence-corrected chi connectivity index (χ2v) is 5.81. The van der Waals surface area contributed by atoms with Crippen molar-refractivity contribution in [1.29, 1.82) is 0 Å². The van der Waals surface area contributed by atoms with Gasteiger partial charge < -0.3 is 5.32 Å². The summed E-state index contributed by atoms with van der Waals surface area (Å²) in [6.45, 7) is 0.272. The molecule has 4 atom stereocenters. The molecule has 20 heavy (non-hydrogen) atoms. The number of fused-ring (bicyclic) bond motifs is 5. The van der Waals surface area contributed by atoms with Crippen molar-refractivity contribution in [3.8, 4) is 0 Å². The van der Waals surface area contributed by atoms with Gasteiger partial charge in [0.05, 0.1) is 18.5 Å². The smallest absolute Gasteiger partial charge is 0.235 e. The molecule has 1 saturated heterocycles. The highest BCUT2D eigenvalue weighted by atomic mass is 16.2. The summed E-state index contributed by atoms with van der Waals surface area (Å²) in [4.78, 5) is 26.3. The van der Waals surface area contributed by atoms with Gasteiger partial charge >= 0.3 is 0 Å². The first-order chi connectivity index (χ1) is 9.75. The zero-order valence-corrected chi connectivity index (χ0v) is 11.0. The van der Waals surface area contributed by atoms with Crippen LogP contribution in [-0.2, 0) is 9.59 Å². The molecular formula is C16H16N2O2. The first-order valence-corrected chi connectivity index (χ1v) is 7.08. The average molecular weight is 268 g/mol. The topological polar surface area (TPSA) is 49.4 Å². The molecule has 4 rings (SSSR count). The van der Waals surface area contributed by atoms with Gasteiger partial charge in [0.15, 0.2) is 0 Å². The standard InChI is InChI=1S/C16H16N2O2/c19-15-13-10-6-7-11(8-10)14(13)16(20)18(15)9-17-12-4-2-1-3-5-12/h1-7,10-11,13-14,17H,8-9H2/t10-,11+,13+,14-. The van der Waals surface area contributed by atoms with Crippen LogP contribution in [0.1, 0.15) is 6.42 Å². The van der Waals surface area contributed by atoms with Crippen LogP contribution in [-0.4, -0.2) is 23.4 Å². The molecular weight excluding hydrogens is 252 g/mol. The first-order valence-electron chi connectivity index (χ1n) is 7.08. The molecule has 4 nitrogen and oxygen atoms in total. The lowest BCUT2D eigenvalue weighted by molar-refractivity contribution is -0.140. The Morgan fingerprint density at radius 3 is 2.20 bits per heavy atom. The fraction of sp³-hybridized carbons (Fsp3) is 0.375. The van der Waals surface area contributed by atoms with Gasteiger partial charge in [-0.3, -0.25) is 14.5 Å². The van der Waals surface area contributed by atoms with Crippen LogP contribution in [0, 0.1) is 23.7 Å². The van der Waals surface area contributed by atoms with Gasteiger partial charge in [0.25, 0.3) is 0 Å². The van der Waals surface area contributed by atoms with Crippen molar-refractivity contribution >= 4 is 17.5 Å². The lowest BCUT2D eigenvalue weighted by atomic mass is 9.85. The van der Waals surface area contributed by atoms with E-state index in [9.17, 15) is 9.59 Å². The summed E-state index contributed by atoms with van der Waals surface area (Å²) >= 11 is 0. The molecule has 0 unspecified atom stereocenters. The lowest BCUT2D eigenvalue weighted by Crippen LogP contribution is -2.37. The largest absolute Gasteiger partial charge is 0.367 e. The highest BCUT2D eigenvalue weighted by Gasteiger charge is 2.59. The van der Waals surface area contributed by atoms with Crippen LogP contribution in [0.25, 0.3) is 0 Å². The number of benzene rings is 1. The number of hydrogen-bond donors (Lipinski definition) is 1. The van der Waals surface area contributed by atoms with Crippen molar-refractivity contribution in [3.63, 3.8) is 0 Å². The number of nitrogens with one attached hydrogen (secondary N) is 1. The van der Waals surface area contributed by atoms with E-state index < -0.39 is 0 Å². The van der Waals surface area contributed by atoms with Gasteiger partial charge in [-0.05, 0) is 30.4 Å². The van der Waals surface area contributed by atoms with Crippen molar-refractivity contribution in [2.45, 2.75) is 6.42 Å². The Hall–Kier alpha value is -2.10. The zero-order chi connectivity index (χ0) is 13.7. The molecule has 0 aromatic heterocycles. The van der Waals surface area contributed by atoms with E-state index in [1.54, 1.807) is 0 Å². The number of anilines is 1. The summed E-state index contributed by atoms with van der Waals surface area (Å²) in [5.41, 5.74) is 0.922. The number of allylic oxidation sites excluding steroid dienone is 2. The molecule has 102 valence electrons. The number of nitrogens with zero attached hydrogens (tertiary/aromatic N) is 1. The van der Waals surface area contributed by atoms with Crippen molar-refractivity contribution in [3.05, 3.63) is 42.5 Å². The average Bonchev–Trinajstić information content (AvgIpc) is 3.13. The molecule has 1 heterocycles. The fourth-order valence-corrected chi connectivity index (χ4v) is 3.85. The Bertz CT molecular complexity index is 566. The Labute approximate surface area is 117 Å². The summed E-state index contributed by atoms with van der Waals surface area (Å²) in [5, 5.41) is 3.15. The highest BCUT2D eigenvalue weighted by molar-refractivity contribution is 6.06. The molecule has 2 bridgehead atoms. The molecule has 3 aliphatic rings. The summed E-state index contributed by atoms with van der Waals surface area (Å²) in [6, 6.07) is 9.64. The number of likely N-dealkylation sites (tertiary alicyclic amines) is 1. The van der Waals surface area contributed by atoms with Gasteiger partial charge in [0.1, 0.15) is 0 Å². The van der Waals surface area contributed by atoms with Crippen LogP contribution < -0.4 is 5.32 Å². The second kappa shape index (κ2) is 4.20. The number of amides is 2. The quantitative estimate of drug-likeness (QED) is 0.672. The SMILES string of the molecule is O=C1[C@@H]2[C@H](C(=O)N1CNc1ccccc1)[C@H]1C=C[C@@H]2C1. The minimum absolute atomic E-state index is 0.000260. The van der Waals surface area contributed by atoms with Gasteiger partial charge in [-0.2, -0.15) is 0 Å². The predicted octanol–water partition coefficient (Wildman–Crippen LogP) is 1.86. The molecule has 2 amide bonds. The minimum atomic E-state index is -0.102. The lowest BCUT2D eigenvalue weighted by Gasteiger charge is -2.18. The van der Waals surface area contributed by atoms with Crippen LogP contribution in [0.4, 0.5) is 5.69 Å². The molecule has 2 aliphatic carbocycles. The molecule has 4 heteroatoms. The maximum absolute atomic E-state index is 12.4. The Morgan fingerprint density at radius 1 is 1.00 bits per heavy atom. The van der Waals surface area contributed by atoms with Crippen molar-refractivity contribution in [2.24, 2.45) is 23.7 Å². The summed E-state index contributed by atoms with van der Waals surface area (Å²) in [7, 11) is 0. The Balaban J connectivity index is 1.51. The monoisotopic (exact) mass is 268 g/mol. The number of carbonyl (C=O) groups is 2. The van der Waals surface area contributed by atoms with Gasteiger partial charge in [-0.1, -0.05) is 30.4 Å². The zero-order valence-electron chi connectivity index (χ0n) is 11.0. The Morgan fingerprint density at radius 2 is 1.60 bits per heavy atom. The van der Waals surface area contributed by atoms with Gasteiger partial charge in [-0.25, -0.2) is 0 Å². The van der Waals surface area contributed by atoms with Crippen molar-refractivity contribution in [1.82, 2.24) is 4.90 Å². The highest BCUT2D eigenvalue weighted by Crippen LogP contribution is 2.52. The normalized spacial score (nSPS) is 33.9. The fourth-order valence-electron chi connectivity index (χ4n) is 3.85. The molecule has 1 aliphatic heterocycles. The molecule has 1 N–H and O–H groups in total.